The number of likely N-dealkylation sites (tertiary alicyclic amines) is 1. The maximum Gasteiger partial charge on any atom is 0.315 e. The third kappa shape index (κ3) is 3.17. The molecule has 1 N–H and O–H groups in total. The number of rotatable bonds is 4. The number of carbonyl (C=O) groups is 2. The largest absolute Gasteiger partial charge is 0.465 e. The minimum atomic E-state index is -0.663. The Morgan fingerprint density at radius 1 is 1.44 bits per heavy atom. The molecule has 1 aromatic rings. The Kier molecular flexibility index (Phi) is 5.13. The van der Waals surface area contributed by atoms with Crippen LogP contribution in [-0.2, 0) is 16.0 Å². The third-order valence-electron chi connectivity index (χ3n) is 5.32. The molecule has 1 amide bonds. The molecule has 2 atom stereocenters. The molecule has 0 bridgehead atoms. The van der Waals surface area contributed by atoms with Gasteiger partial charge in [0.25, 0.3) is 5.91 Å². The van der Waals surface area contributed by atoms with Gasteiger partial charge >= 0.3 is 5.97 Å². The van der Waals surface area contributed by atoms with E-state index in [2.05, 4.69) is 10.3 Å². The summed E-state index contributed by atoms with van der Waals surface area (Å²) in [6.07, 6.45) is 3.02. The number of piperidine rings is 2. The lowest BCUT2D eigenvalue weighted by Gasteiger charge is -2.49. The number of aryl methyl sites for hydroxylation is 2. The highest BCUT2D eigenvalue weighted by molar-refractivity contribution is 5.93. The van der Waals surface area contributed by atoms with Gasteiger partial charge in [-0.25, -0.2) is 4.98 Å². The molecule has 0 unspecified atom stereocenters. The molecule has 0 radical (unpaired) electrons. The standard InChI is InChI=1S/C18H27N3O4/c1-4-14-20-12(3)15(25-14)16(22)21-10-7-13-18(11-21,8-6-9-19-13)17(23)24-5-2/h13,19H,4-11H2,1-3H3/t13-,18+/m1/s1. The molecule has 2 fully saturated rings. The highest BCUT2D eigenvalue weighted by atomic mass is 16.5. The van der Waals surface area contributed by atoms with Gasteiger partial charge in [-0.3, -0.25) is 9.59 Å². The van der Waals surface area contributed by atoms with Crippen molar-refractivity contribution >= 4 is 11.9 Å². The van der Waals surface area contributed by atoms with Crippen molar-refractivity contribution in [2.24, 2.45) is 5.41 Å². The number of oxazole rings is 1. The van der Waals surface area contributed by atoms with E-state index in [9.17, 15) is 9.59 Å². The van der Waals surface area contributed by atoms with E-state index in [-0.39, 0.29) is 23.7 Å². The average molecular weight is 349 g/mol. The second-order valence-corrected chi connectivity index (χ2v) is 6.88. The molecule has 2 aliphatic rings. The van der Waals surface area contributed by atoms with Crippen LogP contribution in [0, 0.1) is 12.3 Å². The van der Waals surface area contributed by atoms with E-state index in [0.29, 0.717) is 37.7 Å². The van der Waals surface area contributed by atoms with Crippen molar-refractivity contribution in [1.82, 2.24) is 15.2 Å². The number of hydrogen-bond acceptors (Lipinski definition) is 6. The highest BCUT2D eigenvalue weighted by Crippen LogP contribution is 2.39. The maximum absolute atomic E-state index is 13.0. The molecule has 2 saturated heterocycles. The Morgan fingerprint density at radius 2 is 2.24 bits per heavy atom. The lowest BCUT2D eigenvalue weighted by atomic mass is 9.70. The predicted octanol–water partition coefficient (Wildman–Crippen LogP) is 1.69. The van der Waals surface area contributed by atoms with Gasteiger partial charge < -0.3 is 19.4 Å². The first-order valence-electron chi connectivity index (χ1n) is 9.18. The van der Waals surface area contributed by atoms with Crippen LogP contribution >= 0.6 is 0 Å². The fraction of sp³-hybridized carbons (Fsp3) is 0.722. The van der Waals surface area contributed by atoms with Gasteiger partial charge in [-0.2, -0.15) is 0 Å². The zero-order valence-corrected chi connectivity index (χ0v) is 15.3. The van der Waals surface area contributed by atoms with Gasteiger partial charge in [-0.1, -0.05) is 6.92 Å². The van der Waals surface area contributed by atoms with E-state index in [0.717, 1.165) is 25.8 Å². The lowest BCUT2D eigenvalue weighted by molar-refractivity contribution is -0.162. The summed E-state index contributed by atoms with van der Waals surface area (Å²) in [4.78, 5) is 31.7. The van der Waals surface area contributed by atoms with E-state index < -0.39 is 5.41 Å². The fourth-order valence-corrected chi connectivity index (χ4v) is 4.02. The summed E-state index contributed by atoms with van der Waals surface area (Å²) in [6.45, 7) is 7.75. The van der Waals surface area contributed by atoms with Crippen molar-refractivity contribution in [3.8, 4) is 0 Å². The summed E-state index contributed by atoms with van der Waals surface area (Å²) in [5.74, 6) is 0.471. The first-order chi connectivity index (χ1) is 12.0. The Labute approximate surface area is 148 Å². The molecule has 3 heterocycles. The zero-order chi connectivity index (χ0) is 18.0. The summed E-state index contributed by atoms with van der Waals surface area (Å²) in [6, 6.07) is 0.0615. The number of amides is 1. The smallest absolute Gasteiger partial charge is 0.315 e. The van der Waals surface area contributed by atoms with Crippen molar-refractivity contribution in [3.63, 3.8) is 0 Å². The number of esters is 1. The molecule has 3 rings (SSSR count). The Balaban J connectivity index is 1.85. The summed E-state index contributed by atoms with van der Waals surface area (Å²) in [5, 5.41) is 3.45. The van der Waals surface area contributed by atoms with Crippen LogP contribution in [0.2, 0.25) is 0 Å². The van der Waals surface area contributed by atoms with Crippen LogP contribution in [0.15, 0.2) is 4.42 Å². The number of hydrogen-bond donors (Lipinski definition) is 1. The molecule has 0 spiro atoms. The van der Waals surface area contributed by atoms with Crippen LogP contribution in [0.4, 0.5) is 0 Å². The number of nitrogens with one attached hydrogen (secondary N) is 1. The van der Waals surface area contributed by atoms with Gasteiger partial charge in [-0.15, -0.1) is 0 Å². The molecular formula is C18H27N3O4. The topological polar surface area (TPSA) is 84.7 Å². The van der Waals surface area contributed by atoms with Crippen LogP contribution < -0.4 is 5.32 Å². The van der Waals surface area contributed by atoms with Crippen molar-refractivity contribution in [3.05, 3.63) is 17.3 Å². The number of nitrogens with zero attached hydrogens (tertiary/aromatic N) is 2. The van der Waals surface area contributed by atoms with Crippen molar-refractivity contribution in [2.75, 3.05) is 26.2 Å². The minimum Gasteiger partial charge on any atom is -0.465 e. The van der Waals surface area contributed by atoms with E-state index >= 15 is 0 Å². The second kappa shape index (κ2) is 7.15. The Morgan fingerprint density at radius 3 is 2.92 bits per heavy atom. The van der Waals surface area contributed by atoms with E-state index in [1.54, 1.807) is 11.8 Å². The minimum absolute atomic E-state index is 0.0615. The van der Waals surface area contributed by atoms with E-state index in [4.69, 9.17) is 9.15 Å². The SMILES string of the molecule is CCOC(=O)[C@]12CCCN[C@@H]1CCN(C(=O)c1oc(CC)nc1C)C2. The Hall–Kier alpha value is -1.89. The van der Waals surface area contributed by atoms with Gasteiger partial charge in [0.1, 0.15) is 5.41 Å². The summed E-state index contributed by atoms with van der Waals surface area (Å²) < 4.78 is 11.0. The van der Waals surface area contributed by atoms with Crippen LogP contribution in [-0.4, -0.2) is 54.0 Å². The average Bonchev–Trinajstić information content (AvgIpc) is 3.01. The van der Waals surface area contributed by atoms with Crippen LogP contribution in [0.1, 0.15) is 55.2 Å². The molecular weight excluding hydrogens is 322 g/mol. The van der Waals surface area contributed by atoms with Gasteiger partial charge in [0.15, 0.2) is 5.89 Å². The van der Waals surface area contributed by atoms with Crippen LogP contribution in [0.25, 0.3) is 0 Å². The quantitative estimate of drug-likeness (QED) is 0.833. The molecule has 2 aliphatic heterocycles. The summed E-state index contributed by atoms with van der Waals surface area (Å²) >= 11 is 0. The lowest BCUT2D eigenvalue weighted by Crippen LogP contribution is -2.64. The first kappa shape index (κ1) is 17.9. The van der Waals surface area contributed by atoms with Gasteiger partial charge in [0.2, 0.25) is 5.76 Å². The van der Waals surface area contributed by atoms with E-state index in [1.807, 2.05) is 13.8 Å². The normalized spacial score (nSPS) is 26.2. The molecule has 1 aromatic heterocycles. The molecule has 25 heavy (non-hydrogen) atoms. The van der Waals surface area contributed by atoms with E-state index in [1.165, 1.54) is 0 Å². The fourth-order valence-electron chi connectivity index (χ4n) is 4.02. The zero-order valence-electron chi connectivity index (χ0n) is 15.3. The third-order valence-corrected chi connectivity index (χ3v) is 5.32. The van der Waals surface area contributed by atoms with Gasteiger partial charge in [0.05, 0.1) is 12.3 Å². The molecule has 0 saturated carbocycles. The number of ether oxygens (including phenoxy) is 1. The number of carbonyl (C=O) groups excluding carboxylic acids is 2. The number of aromatic nitrogens is 1. The number of fused-ring (bicyclic) bond motifs is 1. The van der Waals surface area contributed by atoms with Crippen molar-refractivity contribution < 1.29 is 18.7 Å². The molecule has 7 heteroatoms. The second-order valence-electron chi connectivity index (χ2n) is 6.88. The maximum atomic E-state index is 13.0. The Bertz CT molecular complexity index is 657. The monoisotopic (exact) mass is 349 g/mol. The summed E-state index contributed by atoms with van der Waals surface area (Å²) in [7, 11) is 0. The molecule has 0 aliphatic carbocycles. The predicted molar refractivity (Wildman–Crippen MR) is 91.2 cm³/mol. The van der Waals surface area contributed by atoms with Gasteiger partial charge in [-0.05, 0) is 39.7 Å². The van der Waals surface area contributed by atoms with Crippen LogP contribution in [0.5, 0.6) is 0 Å². The molecule has 7 nitrogen and oxygen atoms in total. The first-order valence-corrected chi connectivity index (χ1v) is 9.18. The van der Waals surface area contributed by atoms with Crippen LogP contribution in [0.3, 0.4) is 0 Å². The molecule has 0 aromatic carbocycles. The van der Waals surface area contributed by atoms with Gasteiger partial charge in [0, 0.05) is 25.6 Å². The molecule has 138 valence electrons. The summed E-state index contributed by atoms with van der Waals surface area (Å²) in [5.41, 5.74) is -0.0557. The highest BCUT2D eigenvalue weighted by Gasteiger charge is 2.52. The van der Waals surface area contributed by atoms with Crippen molar-refractivity contribution in [1.29, 1.82) is 0 Å². The van der Waals surface area contributed by atoms with Crippen molar-refractivity contribution in [2.45, 2.75) is 52.5 Å².